The first-order valence-electron chi connectivity index (χ1n) is 8.17. The van der Waals surface area contributed by atoms with Gasteiger partial charge in [-0.2, -0.15) is 0 Å². The Hall–Kier alpha value is -2.53. The zero-order valence-corrected chi connectivity index (χ0v) is 14.8. The molecule has 25 heavy (non-hydrogen) atoms. The van der Waals surface area contributed by atoms with Crippen LogP contribution in [0.5, 0.6) is 5.75 Å². The van der Waals surface area contributed by atoms with Gasteiger partial charge < -0.3 is 15.8 Å². The Morgan fingerprint density at radius 2 is 2.00 bits per heavy atom. The van der Waals surface area contributed by atoms with E-state index < -0.39 is 0 Å². The average molecular weight is 358 g/mol. The standard InChI is InChI=1S/C19H20ClN3O2/c1-25-13-6-8-16-15(11-13)19(22-9-3-2-4-18(21)24)14-7-5-12(20)10-17(14)23-16/h5-8,10-11H,2-4,9H2,1H3,(H2,21,24)(H,22,23). The number of carbonyl (C=O) groups excluding carboxylic acids is 1. The number of nitrogens with zero attached hydrogens (tertiary/aromatic N) is 1. The maximum absolute atomic E-state index is 10.9. The first-order valence-corrected chi connectivity index (χ1v) is 8.55. The Morgan fingerprint density at radius 3 is 2.76 bits per heavy atom. The summed E-state index contributed by atoms with van der Waals surface area (Å²) in [4.78, 5) is 15.6. The molecule has 0 aliphatic carbocycles. The van der Waals surface area contributed by atoms with Gasteiger partial charge in [0.1, 0.15) is 5.75 Å². The predicted molar refractivity (Wildman–Crippen MR) is 102 cm³/mol. The molecule has 1 heterocycles. The van der Waals surface area contributed by atoms with Crippen LogP contribution in [0.1, 0.15) is 19.3 Å². The molecular weight excluding hydrogens is 338 g/mol. The van der Waals surface area contributed by atoms with Gasteiger partial charge in [0.2, 0.25) is 5.91 Å². The van der Waals surface area contributed by atoms with Gasteiger partial charge in [-0.05, 0) is 49.2 Å². The molecule has 0 aliphatic heterocycles. The molecule has 5 nitrogen and oxygen atoms in total. The number of carbonyl (C=O) groups is 1. The van der Waals surface area contributed by atoms with Crippen LogP contribution in [-0.4, -0.2) is 24.5 Å². The van der Waals surface area contributed by atoms with Crippen molar-refractivity contribution < 1.29 is 9.53 Å². The lowest BCUT2D eigenvalue weighted by molar-refractivity contribution is -0.118. The van der Waals surface area contributed by atoms with Gasteiger partial charge in [-0.1, -0.05) is 11.6 Å². The Morgan fingerprint density at radius 1 is 1.16 bits per heavy atom. The molecule has 0 spiro atoms. The van der Waals surface area contributed by atoms with Crippen molar-refractivity contribution in [1.82, 2.24) is 4.98 Å². The van der Waals surface area contributed by atoms with Crippen LogP contribution in [0, 0.1) is 0 Å². The number of nitrogens with one attached hydrogen (secondary N) is 1. The first-order chi connectivity index (χ1) is 12.1. The second-order valence-electron chi connectivity index (χ2n) is 5.88. The number of ether oxygens (including phenoxy) is 1. The molecule has 0 saturated heterocycles. The number of aromatic nitrogens is 1. The summed E-state index contributed by atoms with van der Waals surface area (Å²) in [6.07, 6.45) is 2.02. The number of hydrogen-bond donors (Lipinski definition) is 2. The first kappa shape index (κ1) is 17.3. The third-order valence-electron chi connectivity index (χ3n) is 4.09. The summed E-state index contributed by atoms with van der Waals surface area (Å²) in [7, 11) is 1.65. The second kappa shape index (κ2) is 7.57. The molecule has 3 rings (SSSR count). The van der Waals surface area contributed by atoms with Crippen molar-refractivity contribution in [3.63, 3.8) is 0 Å². The number of pyridine rings is 1. The lowest BCUT2D eigenvalue weighted by Crippen LogP contribution is -2.11. The lowest BCUT2D eigenvalue weighted by atomic mass is 10.1. The van der Waals surface area contributed by atoms with Crippen LogP contribution in [0.2, 0.25) is 5.02 Å². The third kappa shape index (κ3) is 3.94. The van der Waals surface area contributed by atoms with E-state index in [1.807, 2.05) is 36.4 Å². The minimum Gasteiger partial charge on any atom is -0.497 e. The van der Waals surface area contributed by atoms with Crippen LogP contribution in [0.4, 0.5) is 5.69 Å². The van der Waals surface area contributed by atoms with Gasteiger partial charge in [0.05, 0.1) is 23.8 Å². The van der Waals surface area contributed by atoms with Crippen molar-refractivity contribution >= 4 is 45.0 Å². The quantitative estimate of drug-likeness (QED) is 0.492. The number of fused-ring (bicyclic) bond motifs is 2. The SMILES string of the molecule is COc1ccc2nc3cc(Cl)ccc3c(NCCCCC(N)=O)c2c1. The van der Waals surface area contributed by atoms with Gasteiger partial charge in [0.25, 0.3) is 0 Å². The fraction of sp³-hybridized carbons (Fsp3) is 0.263. The van der Waals surface area contributed by atoms with Crippen molar-refractivity contribution in [1.29, 1.82) is 0 Å². The van der Waals surface area contributed by atoms with E-state index in [0.717, 1.165) is 52.6 Å². The highest BCUT2D eigenvalue weighted by Gasteiger charge is 2.10. The summed E-state index contributed by atoms with van der Waals surface area (Å²) in [6.45, 7) is 0.737. The summed E-state index contributed by atoms with van der Waals surface area (Å²) >= 11 is 6.12. The Balaban J connectivity index is 1.99. The van der Waals surface area contributed by atoms with E-state index in [-0.39, 0.29) is 5.91 Å². The van der Waals surface area contributed by atoms with Gasteiger partial charge in [-0.15, -0.1) is 0 Å². The number of hydrogen-bond acceptors (Lipinski definition) is 4. The van der Waals surface area contributed by atoms with Crippen molar-refractivity contribution in [2.24, 2.45) is 5.73 Å². The highest BCUT2D eigenvalue weighted by molar-refractivity contribution is 6.31. The average Bonchev–Trinajstić information content (AvgIpc) is 2.59. The highest BCUT2D eigenvalue weighted by atomic mass is 35.5. The molecule has 0 fully saturated rings. The number of nitrogens with two attached hydrogens (primary N) is 1. The normalized spacial score (nSPS) is 11.0. The second-order valence-corrected chi connectivity index (χ2v) is 6.32. The molecule has 0 aliphatic rings. The van der Waals surface area contributed by atoms with Crippen LogP contribution in [0.15, 0.2) is 36.4 Å². The zero-order chi connectivity index (χ0) is 17.8. The molecule has 1 amide bonds. The minimum absolute atomic E-state index is 0.265. The summed E-state index contributed by atoms with van der Waals surface area (Å²) in [6, 6.07) is 11.5. The summed E-state index contributed by atoms with van der Waals surface area (Å²) in [5, 5.41) is 6.13. The molecule has 3 aromatic rings. The minimum atomic E-state index is -0.265. The van der Waals surface area contributed by atoms with E-state index in [0.29, 0.717) is 11.4 Å². The number of benzene rings is 2. The maximum atomic E-state index is 10.9. The molecular formula is C19H20ClN3O2. The molecule has 0 atom stereocenters. The lowest BCUT2D eigenvalue weighted by Gasteiger charge is -2.14. The molecule has 0 bridgehead atoms. The molecule has 2 aromatic carbocycles. The van der Waals surface area contributed by atoms with Gasteiger partial charge in [0.15, 0.2) is 0 Å². The summed E-state index contributed by atoms with van der Waals surface area (Å²) < 4.78 is 5.35. The molecule has 0 unspecified atom stereocenters. The van der Waals surface area contributed by atoms with Crippen molar-refractivity contribution in [2.75, 3.05) is 19.0 Å². The molecule has 6 heteroatoms. The van der Waals surface area contributed by atoms with E-state index in [4.69, 9.17) is 27.1 Å². The Kier molecular flexibility index (Phi) is 5.24. The number of anilines is 1. The predicted octanol–water partition coefficient (Wildman–Crippen LogP) is 4.12. The number of halogens is 1. The fourth-order valence-electron chi connectivity index (χ4n) is 2.85. The monoisotopic (exact) mass is 357 g/mol. The van der Waals surface area contributed by atoms with Gasteiger partial charge >= 0.3 is 0 Å². The van der Waals surface area contributed by atoms with Crippen LogP contribution in [0.3, 0.4) is 0 Å². The summed E-state index contributed by atoms with van der Waals surface area (Å²) in [5.74, 6) is 0.513. The van der Waals surface area contributed by atoms with E-state index in [1.54, 1.807) is 7.11 Å². The third-order valence-corrected chi connectivity index (χ3v) is 4.33. The number of primary amides is 1. The van der Waals surface area contributed by atoms with E-state index >= 15 is 0 Å². The largest absolute Gasteiger partial charge is 0.497 e. The Bertz CT molecular complexity index is 927. The van der Waals surface area contributed by atoms with Crippen LogP contribution < -0.4 is 15.8 Å². The van der Waals surface area contributed by atoms with Crippen molar-refractivity contribution in [3.8, 4) is 5.75 Å². The van der Waals surface area contributed by atoms with Gasteiger partial charge in [0, 0.05) is 28.8 Å². The molecule has 3 N–H and O–H groups in total. The van der Waals surface area contributed by atoms with Gasteiger partial charge in [-0.3, -0.25) is 4.79 Å². The smallest absolute Gasteiger partial charge is 0.217 e. The van der Waals surface area contributed by atoms with Crippen LogP contribution in [-0.2, 0) is 4.79 Å². The van der Waals surface area contributed by atoms with E-state index in [2.05, 4.69) is 5.32 Å². The molecule has 1 aromatic heterocycles. The summed E-state index contributed by atoms with van der Waals surface area (Å²) in [5.41, 5.74) is 7.89. The number of amides is 1. The number of unbranched alkanes of at least 4 members (excludes halogenated alkanes) is 1. The van der Waals surface area contributed by atoms with E-state index in [9.17, 15) is 4.79 Å². The maximum Gasteiger partial charge on any atom is 0.217 e. The molecule has 0 saturated carbocycles. The van der Waals surface area contributed by atoms with Crippen molar-refractivity contribution in [3.05, 3.63) is 41.4 Å². The van der Waals surface area contributed by atoms with Gasteiger partial charge in [-0.25, -0.2) is 4.98 Å². The molecule has 0 radical (unpaired) electrons. The number of methoxy groups -OCH3 is 1. The topological polar surface area (TPSA) is 77.2 Å². The molecule has 130 valence electrons. The zero-order valence-electron chi connectivity index (χ0n) is 14.0. The van der Waals surface area contributed by atoms with Crippen LogP contribution >= 0.6 is 11.6 Å². The van der Waals surface area contributed by atoms with E-state index in [1.165, 1.54) is 0 Å². The fourth-order valence-corrected chi connectivity index (χ4v) is 3.02. The Labute approximate surface area is 151 Å². The highest BCUT2D eigenvalue weighted by Crippen LogP contribution is 2.34. The number of rotatable bonds is 7. The van der Waals surface area contributed by atoms with Crippen molar-refractivity contribution in [2.45, 2.75) is 19.3 Å². The van der Waals surface area contributed by atoms with Crippen LogP contribution in [0.25, 0.3) is 21.8 Å².